The molecule has 0 saturated heterocycles. The van der Waals surface area contributed by atoms with Crippen LogP contribution in [-0.2, 0) is 0 Å². The molecule has 0 heterocycles. The first-order valence-electron chi connectivity index (χ1n) is 7.45. The largest absolute Gasteiger partial charge is 0.487 e. The number of amides is 1. The van der Waals surface area contributed by atoms with Gasteiger partial charge in [-0.1, -0.05) is 12.8 Å². The van der Waals surface area contributed by atoms with Crippen LogP contribution in [0, 0.1) is 10.1 Å². The third kappa shape index (κ3) is 3.36. The summed E-state index contributed by atoms with van der Waals surface area (Å²) in [5, 5.41) is 14.1. The number of nitrogens with zero attached hydrogens (tertiary/aromatic N) is 1. The smallest absolute Gasteiger partial charge is 0.311 e. The van der Waals surface area contributed by atoms with Gasteiger partial charge in [0.25, 0.3) is 5.91 Å². The Morgan fingerprint density at radius 3 is 2.68 bits per heavy atom. The Morgan fingerprint density at radius 1 is 1.45 bits per heavy atom. The summed E-state index contributed by atoms with van der Waals surface area (Å²) in [6.07, 6.45) is 3.74. The Hall–Kier alpha value is -2.15. The van der Waals surface area contributed by atoms with E-state index in [0.717, 1.165) is 25.7 Å². The van der Waals surface area contributed by atoms with Crippen LogP contribution in [0.4, 0.5) is 5.69 Å². The Bertz CT molecular complexity index is 568. The van der Waals surface area contributed by atoms with Crippen LogP contribution in [0.2, 0.25) is 0 Å². The van der Waals surface area contributed by atoms with Crippen molar-refractivity contribution in [2.24, 2.45) is 5.73 Å². The highest BCUT2D eigenvalue weighted by Crippen LogP contribution is 2.31. The molecule has 1 aromatic carbocycles. The van der Waals surface area contributed by atoms with Gasteiger partial charge in [-0.15, -0.1) is 0 Å². The van der Waals surface area contributed by atoms with Crippen LogP contribution in [0.1, 0.15) is 43.0 Å². The van der Waals surface area contributed by atoms with E-state index in [0.29, 0.717) is 13.2 Å². The first-order chi connectivity index (χ1) is 10.5. The van der Waals surface area contributed by atoms with Crippen LogP contribution in [0.3, 0.4) is 0 Å². The van der Waals surface area contributed by atoms with Gasteiger partial charge in [-0.05, 0) is 31.9 Å². The van der Waals surface area contributed by atoms with E-state index in [4.69, 9.17) is 10.5 Å². The van der Waals surface area contributed by atoms with Gasteiger partial charge in [0.15, 0.2) is 5.75 Å². The Balaban J connectivity index is 2.22. The van der Waals surface area contributed by atoms with Crippen molar-refractivity contribution in [1.29, 1.82) is 0 Å². The van der Waals surface area contributed by atoms with Crippen molar-refractivity contribution in [3.05, 3.63) is 33.9 Å². The van der Waals surface area contributed by atoms with Crippen molar-refractivity contribution in [3.63, 3.8) is 0 Å². The fraction of sp³-hybridized carbons (Fsp3) is 0.533. The molecule has 7 nitrogen and oxygen atoms in total. The molecule has 0 atom stereocenters. The third-order valence-corrected chi connectivity index (χ3v) is 4.05. The lowest BCUT2D eigenvalue weighted by Gasteiger charge is -2.28. The van der Waals surface area contributed by atoms with E-state index in [1.165, 1.54) is 18.2 Å². The first-order valence-corrected chi connectivity index (χ1v) is 7.45. The minimum absolute atomic E-state index is 0.165. The zero-order chi connectivity index (χ0) is 16.2. The predicted molar refractivity (Wildman–Crippen MR) is 82.0 cm³/mol. The van der Waals surface area contributed by atoms with E-state index < -0.39 is 4.92 Å². The zero-order valence-corrected chi connectivity index (χ0v) is 12.6. The van der Waals surface area contributed by atoms with Gasteiger partial charge in [-0.3, -0.25) is 14.9 Å². The van der Waals surface area contributed by atoms with Gasteiger partial charge < -0.3 is 15.8 Å². The van der Waals surface area contributed by atoms with Crippen LogP contribution in [0.5, 0.6) is 5.75 Å². The fourth-order valence-corrected chi connectivity index (χ4v) is 2.82. The molecule has 1 aromatic rings. The number of rotatable bonds is 6. The zero-order valence-electron chi connectivity index (χ0n) is 12.6. The van der Waals surface area contributed by atoms with Crippen LogP contribution in [0.15, 0.2) is 18.2 Å². The molecule has 1 fully saturated rings. The summed E-state index contributed by atoms with van der Waals surface area (Å²) in [5.41, 5.74) is 5.45. The lowest BCUT2D eigenvalue weighted by Crippen LogP contribution is -2.51. The van der Waals surface area contributed by atoms with Crippen molar-refractivity contribution in [1.82, 2.24) is 5.32 Å². The highest BCUT2D eigenvalue weighted by Gasteiger charge is 2.34. The van der Waals surface area contributed by atoms with Crippen molar-refractivity contribution < 1.29 is 14.5 Å². The fourth-order valence-electron chi connectivity index (χ4n) is 2.82. The molecule has 0 spiro atoms. The summed E-state index contributed by atoms with van der Waals surface area (Å²) in [7, 11) is 0. The Kier molecular flexibility index (Phi) is 4.97. The quantitative estimate of drug-likeness (QED) is 0.617. The minimum atomic E-state index is -0.546. The standard InChI is InChI=1S/C15H21N3O4/c1-2-22-13-6-5-11(9-12(13)18(20)21)14(19)17-15(10-16)7-3-4-8-15/h5-6,9H,2-4,7-8,10,16H2,1H3,(H,17,19). The maximum absolute atomic E-state index is 12.4. The molecule has 1 aliphatic carbocycles. The number of nitrogens with two attached hydrogens (primary N) is 1. The Labute approximate surface area is 129 Å². The van der Waals surface area contributed by atoms with Crippen molar-refractivity contribution in [3.8, 4) is 5.75 Å². The van der Waals surface area contributed by atoms with Gasteiger partial charge in [-0.25, -0.2) is 0 Å². The molecule has 120 valence electrons. The average molecular weight is 307 g/mol. The van der Waals surface area contributed by atoms with Crippen molar-refractivity contribution in [2.45, 2.75) is 38.1 Å². The highest BCUT2D eigenvalue weighted by atomic mass is 16.6. The van der Waals surface area contributed by atoms with Crippen LogP contribution < -0.4 is 15.8 Å². The first kappa shape index (κ1) is 16.2. The maximum Gasteiger partial charge on any atom is 0.311 e. The van der Waals surface area contributed by atoms with E-state index in [2.05, 4.69) is 5.32 Å². The molecule has 2 rings (SSSR count). The number of hydrogen-bond acceptors (Lipinski definition) is 5. The molecule has 0 unspecified atom stereocenters. The molecule has 22 heavy (non-hydrogen) atoms. The highest BCUT2D eigenvalue weighted by molar-refractivity contribution is 5.95. The van der Waals surface area contributed by atoms with E-state index in [-0.39, 0.29) is 28.4 Å². The number of carbonyl (C=O) groups is 1. The van der Waals surface area contributed by atoms with E-state index in [1.807, 2.05) is 0 Å². The van der Waals surface area contributed by atoms with E-state index >= 15 is 0 Å². The van der Waals surface area contributed by atoms with Gasteiger partial charge in [0.1, 0.15) is 0 Å². The lowest BCUT2D eigenvalue weighted by atomic mass is 9.97. The molecule has 1 saturated carbocycles. The normalized spacial score (nSPS) is 16.3. The second-order valence-electron chi connectivity index (χ2n) is 5.52. The molecule has 0 bridgehead atoms. The molecule has 1 amide bonds. The number of nitro groups is 1. The number of benzene rings is 1. The minimum Gasteiger partial charge on any atom is -0.487 e. The van der Waals surface area contributed by atoms with E-state index in [1.54, 1.807) is 6.92 Å². The summed E-state index contributed by atoms with van der Waals surface area (Å²) < 4.78 is 5.21. The van der Waals surface area contributed by atoms with Crippen LogP contribution in [0.25, 0.3) is 0 Å². The molecule has 7 heteroatoms. The predicted octanol–water partition coefficient (Wildman–Crippen LogP) is 1.99. The number of carbonyl (C=O) groups excluding carboxylic acids is 1. The maximum atomic E-state index is 12.4. The van der Waals surface area contributed by atoms with Crippen molar-refractivity contribution >= 4 is 11.6 Å². The number of ether oxygens (including phenoxy) is 1. The van der Waals surface area contributed by atoms with Crippen LogP contribution >= 0.6 is 0 Å². The summed E-state index contributed by atoms with van der Waals surface area (Å²) >= 11 is 0. The van der Waals surface area contributed by atoms with Gasteiger partial charge in [0.2, 0.25) is 0 Å². The molecule has 0 aliphatic heterocycles. The Morgan fingerprint density at radius 2 is 2.14 bits per heavy atom. The summed E-state index contributed by atoms with van der Waals surface area (Å²) in [4.78, 5) is 22.9. The topological polar surface area (TPSA) is 107 Å². The number of nitrogens with one attached hydrogen (secondary N) is 1. The number of hydrogen-bond donors (Lipinski definition) is 2. The summed E-state index contributed by atoms with van der Waals surface area (Å²) in [6.45, 7) is 2.44. The second kappa shape index (κ2) is 6.74. The van der Waals surface area contributed by atoms with E-state index in [9.17, 15) is 14.9 Å². The SMILES string of the molecule is CCOc1ccc(C(=O)NC2(CN)CCCC2)cc1[N+](=O)[O-]. The monoisotopic (exact) mass is 307 g/mol. The average Bonchev–Trinajstić information content (AvgIpc) is 2.96. The summed E-state index contributed by atoms with van der Waals surface area (Å²) in [5.74, 6) is -0.169. The summed E-state index contributed by atoms with van der Waals surface area (Å²) in [6, 6.07) is 4.24. The molecule has 0 aromatic heterocycles. The van der Waals surface area contributed by atoms with Gasteiger partial charge in [0, 0.05) is 18.2 Å². The molecular formula is C15H21N3O4. The molecule has 1 aliphatic rings. The number of nitro benzene ring substituents is 1. The van der Waals surface area contributed by atoms with Gasteiger partial charge >= 0.3 is 5.69 Å². The van der Waals surface area contributed by atoms with Gasteiger partial charge in [0.05, 0.1) is 17.1 Å². The lowest BCUT2D eigenvalue weighted by molar-refractivity contribution is -0.385. The molecule has 0 radical (unpaired) electrons. The molecule has 3 N–H and O–H groups in total. The van der Waals surface area contributed by atoms with Crippen LogP contribution in [-0.4, -0.2) is 29.5 Å². The molecular weight excluding hydrogens is 286 g/mol. The second-order valence-corrected chi connectivity index (χ2v) is 5.52. The van der Waals surface area contributed by atoms with Gasteiger partial charge in [-0.2, -0.15) is 0 Å². The van der Waals surface area contributed by atoms with Crippen molar-refractivity contribution in [2.75, 3.05) is 13.2 Å². The third-order valence-electron chi connectivity index (χ3n) is 4.05.